The normalized spacial score (nSPS) is 15.7. The van der Waals surface area contributed by atoms with Gasteiger partial charge in [-0.05, 0) is 50.0 Å². The minimum Gasteiger partial charge on any atom is -0.424 e. The molecule has 0 saturated carbocycles. The van der Waals surface area contributed by atoms with Crippen molar-refractivity contribution in [3.05, 3.63) is 83.6 Å². The Balaban J connectivity index is 1.80. The van der Waals surface area contributed by atoms with E-state index in [1.165, 1.54) is 43.5 Å². The van der Waals surface area contributed by atoms with E-state index in [4.69, 9.17) is 4.42 Å². The van der Waals surface area contributed by atoms with Gasteiger partial charge in [-0.15, -0.1) is 10.2 Å². The average molecular weight is 361 g/mol. The second kappa shape index (κ2) is 8.05. The van der Waals surface area contributed by atoms with Gasteiger partial charge in [0.2, 0.25) is 11.8 Å². The lowest BCUT2D eigenvalue weighted by atomic mass is 9.71. The van der Waals surface area contributed by atoms with Crippen LogP contribution in [0.25, 0.3) is 0 Å². The quantitative estimate of drug-likeness (QED) is 0.644. The summed E-state index contributed by atoms with van der Waals surface area (Å²) < 4.78 is 6.06. The van der Waals surface area contributed by atoms with Gasteiger partial charge in [-0.1, -0.05) is 67.1 Å². The first-order valence-corrected chi connectivity index (χ1v) is 9.93. The van der Waals surface area contributed by atoms with Gasteiger partial charge in [-0.3, -0.25) is 0 Å². The summed E-state index contributed by atoms with van der Waals surface area (Å²) in [6, 6.07) is 21.2. The summed E-state index contributed by atoms with van der Waals surface area (Å²) in [5.74, 6) is 1.30. The second-order valence-corrected chi connectivity index (χ2v) is 7.42. The second-order valence-electron chi connectivity index (χ2n) is 7.42. The number of benzene rings is 2. The SMILES string of the molecule is Cc1nnc(C(CCN2CCCCC2)(c2ccccc2)c2ccccc2)o1. The van der Waals surface area contributed by atoms with Crippen molar-refractivity contribution in [1.29, 1.82) is 0 Å². The number of aryl methyl sites for hydroxylation is 1. The fraction of sp³-hybridized carbons (Fsp3) is 0.391. The molecule has 0 unspecified atom stereocenters. The number of rotatable bonds is 6. The zero-order valence-electron chi connectivity index (χ0n) is 16.0. The van der Waals surface area contributed by atoms with E-state index in [1.54, 1.807) is 0 Å². The summed E-state index contributed by atoms with van der Waals surface area (Å²) in [5, 5.41) is 8.67. The summed E-state index contributed by atoms with van der Waals surface area (Å²) in [7, 11) is 0. The lowest BCUT2D eigenvalue weighted by Crippen LogP contribution is -2.38. The zero-order valence-corrected chi connectivity index (χ0v) is 16.0. The van der Waals surface area contributed by atoms with Crippen molar-refractivity contribution in [3.8, 4) is 0 Å². The van der Waals surface area contributed by atoms with Crippen LogP contribution in [0.4, 0.5) is 0 Å². The van der Waals surface area contributed by atoms with Crippen LogP contribution in [-0.2, 0) is 5.41 Å². The van der Waals surface area contributed by atoms with Gasteiger partial charge in [0.15, 0.2) is 0 Å². The standard InChI is InChI=1S/C23H27N3O/c1-19-24-25-22(27-19)23(20-11-5-2-6-12-20,21-13-7-3-8-14-21)15-18-26-16-9-4-10-17-26/h2-3,5-8,11-14H,4,9-10,15-18H2,1H3. The lowest BCUT2D eigenvalue weighted by molar-refractivity contribution is 0.210. The maximum atomic E-state index is 6.06. The Morgan fingerprint density at radius 3 is 1.96 bits per heavy atom. The van der Waals surface area contributed by atoms with Gasteiger partial charge >= 0.3 is 0 Å². The minimum atomic E-state index is -0.429. The summed E-state index contributed by atoms with van der Waals surface area (Å²) >= 11 is 0. The van der Waals surface area contributed by atoms with Crippen molar-refractivity contribution >= 4 is 0 Å². The summed E-state index contributed by atoms with van der Waals surface area (Å²) in [6.45, 7) is 5.25. The van der Waals surface area contributed by atoms with Crippen LogP contribution >= 0.6 is 0 Å². The number of likely N-dealkylation sites (tertiary alicyclic amines) is 1. The predicted molar refractivity (Wildman–Crippen MR) is 107 cm³/mol. The highest BCUT2D eigenvalue weighted by Gasteiger charge is 2.41. The Kier molecular flexibility index (Phi) is 5.35. The van der Waals surface area contributed by atoms with E-state index in [0.29, 0.717) is 11.8 Å². The molecule has 0 N–H and O–H groups in total. The molecule has 0 aliphatic carbocycles. The molecule has 1 saturated heterocycles. The van der Waals surface area contributed by atoms with Crippen LogP contribution in [0.15, 0.2) is 65.1 Å². The molecule has 2 heterocycles. The fourth-order valence-electron chi connectivity index (χ4n) is 4.23. The maximum Gasteiger partial charge on any atom is 0.231 e. The molecular formula is C23H27N3O. The van der Waals surface area contributed by atoms with Crippen molar-refractivity contribution in [1.82, 2.24) is 15.1 Å². The monoisotopic (exact) mass is 361 g/mol. The van der Waals surface area contributed by atoms with E-state index < -0.39 is 5.41 Å². The third-order valence-electron chi connectivity index (χ3n) is 5.68. The van der Waals surface area contributed by atoms with Crippen LogP contribution in [0.1, 0.15) is 48.6 Å². The Morgan fingerprint density at radius 1 is 0.852 bits per heavy atom. The molecule has 1 aliphatic heterocycles. The van der Waals surface area contributed by atoms with Crippen molar-refractivity contribution in [3.63, 3.8) is 0 Å². The first kappa shape index (κ1) is 17.9. The Morgan fingerprint density at radius 2 is 1.44 bits per heavy atom. The molecule has 1 fully saturated rings. The first-order valence-electron chi connectivity index (χ1n) is 9.93. The summed E-state index contributed by atoms with van der Waals surface area (Å²) in [5.41, 5.74) is 1.98. The number of aromatic nitrogens is 2. The van der Waals surface area contributed by atoms with Crippen LogP contribution in [0.3, 0.4) is 0 Å². The predicted octanol–water partition coefficient (Wildman–Crippen LogP) is 4.59. The van der Waals surface area contributed by atoms with E-state index in [9.17, 15) is 0 Å². The number of piperidine rings is 1. The molecule has 2 aromatic carbocycles. The van der Waals surface area contributed by atoms with E-state index in [0.717, 1.165) is 13.0 Å². The van der Waals surface area contributed by atoms with Gasteiger partial charge < -0.3 is 9.32 Å². The lowest BCUT2D eigenvalue weighted by Gasteiger charge is -2.35. The Labute approximate surface area is 161 Å². The van der Waals surface area contributed by atoms with Crippen molar-refractivity contribution in [2.45, 2.75) is 38.0 Å². The molecule has 1 aliphatic rings. The highest BCUT2D eigenvalue weighted by atomic mass is 16.4. The summed E-state index contributed by atoms with van der Waals surface area (Å²) in [4.78, 5) is 2.58. The van der Waals surface area contributed by atoms with Crippen LogP contribution in [0, 0.1) is 6.92 Å². The molecule has 1 aromatic heterocycles. The average Bonchev–Trinajstić information content (AvgIpc) is 3.17. The number of nitrogens with zero attached hydrogens (tertiary/aromatic N) is 3. The van der Waals surface area contributed by atoms with Crippen molar-refractivity contribution < 1.29 is 4.42 Å². The molecule has 0 bridgehead atoms. The van der Waals surface area contributed by atoms with Gasteiger partial charge in [0.1, 0.15) is 0 Å². The first-order chi connectivity index (χ1) is 13.3. The van der Waals surface area contributed by atoms with Crippen LogP contribution in [0.2, 0.25) is 0 Å². The molecule has 27 heavy (non-hydrogen) atoms. The Hall–Kier alpha value is -2.46. The van der Waals surface area contributed by atoms with E-state index in [1.807, 2.05) is 6.92 Å². The highest BCUT2D eigenvalue weighted by Crippen LogP contribution is 2.41. The van der Waals surface area contributed by atoms with E-state index >= 15 is 0 Å². The van der Waals surface area contributed by atoms with Gasteiger partial charge in [0.05, 0.1) is 5.41 Å². The van der Waals surface area contributed by atoms with Gasteiger partial charge in [0, 0.05) is 6.92 Å². The number of hydrogen-bond acceptors (Lipinski definition) is 4. The molecule has 4 nitrogen and oxygen atoms in total. The molecule has 0 spiro atoms. The molecule has 140 valence electrons. The van der Waals surface area contributed by atoms with Gasteiger partial charge in [0.25, 0.3) is 0 Å². The molecule has 0 amide bonds. The highest BCUT2D eigenvalue weighted by molar-refractivity contribution is 5.45. The molecule has 0 radical (unpaired) electrons. The smallest absolute Gasteiger partial charge is 0.231 e. The number of hydrogen-bond donors (Lipinski definition) is 0. The molecule has 3 aromatic rings. The third kappa shape index (κ3) is 3.67. The van der Waals surface area contributed by atoms with Crippen molar-refractivity contribution in [2.75, 3.05) is 19.6 Å². The van der Waals surface area contributed by atoms with Crippen molar-refractivity contribution in [2.24, 2.45) is 0 Å². The molecule has 4 heteroatoms. The molecular weight excluding hydrogens is 334 g/mol. The topological polar surface area (TPSA) is 42.2 Å². The van der Waals surface area contributed by atoms with Crippen LogP contribution in [-0.4, -0.2) is 34.7 Å². The third-order valence-corrected chi connectivity index (χ3v) is 5.68. The molecule has 4 rings (SSSR count). The fourth-order valence-corrected chi connectivity index (χ4v) is 4.23. The van der Waals surface area contributed by atoms with Gasteiger partial charge in [-0.25, -0.2) is 0 Å². The van der Waals surface area contributed by atoms with E-state index in [-0.39, 0.29) is 0 Å². The Bertz CT molecular complexity index is 799. The minimum absolute atomic E-state index is 0.429. The largest absolute Gasteiger partial charge is 0.424 e. The zero-order chi connectivity index (χ0) is 18.5. The van der Waals surface area contributed by atoms with E-state index in [2.05, 4.69) is 75.8 Å². The van der Waals surface area contributed by atoms with Crippen LogP contribution in [0.5, 0.6) is 0 Å². The van der Waals surface area contributed by atoms with Crippen LogP contribution < -0.4 is 0 Å². The maximum absolute atomic E-state index is 6.06. The van der Waals surface area contributed by atoms with Gasteiger partial charge in [-0.2, -0.15) is 0 Å². The summed E-state index contributed by atoms with van der Waals surface area (Å²) in [6.07, 6.45) is 4.86. The molecule has 0 atom stereocenters.